The molecular formula is C23H28N2O3. The van der Waals surface area contributed by atoms with Crippen LogP contribution in [0.2, 0.25) is 0 Å². The number of aryl methyl sites for hydroxylation is 1. The van der Waals surface area contributed by atoms with Gasteiger partial charge in [-0.05, 0) is 41.7 Å². The average Bonchev–Trinajstić information content (AvgIpc) is 3.29. The van der Waals surface area contributed by atoms with Gasteiger partial charge in [-0.3, -0.25) is 4.79 Å². The number of ether oxygens (including phenoxy) is 2. The van der Waals surface area contributed by atoms with Crippen molar-refractivity contribution in [2.45, 2.75) is 19.4 Å². The number of carbonyl (C=O) groups is 1. The first-order valence-corrected chi connectivity index (χ1v) is 9.89. The Bertz CT molecular complexity index is 867. The fourth-order valence-corrected chi connectivity index (χ4v) is 4.76. The molecule has 2 aliphatic rings. The summed E-state index contributed by atoms with van der Waals surface area (Å²) in [6.07, 6.45) is 0.371. The van der Waals surface area contributed by atoms with Crippen molar-refractivity contribution in [3.8, 4) is 11.5 Å². The van der Waals surface area contributed by atoms with E-state index in [1.807, 2.05) is 18.2 Å². The number of amides is 1. The Kier molecular flexibility index (Phi) is 5.27. The minimum atomic E-state index is 0.147. The van der Waals surface area contributed by atoms with Gasteiger partial charge in [0.1, 0.15) is 0 Å². The zero-order valence-corrected chi connectivity index (χ0v) is 16.8. The molecule has 2 heterocycles. The summed E-state index contributed by atoms with van der Waals surface area (Å²) in [5.74, 6) is 2.52. The van der Waals surface area contributed by atoms with E-state index in [9.17, 15) is 4.79 Å². The molecule has 4 rings (SSSR count). The van der Waals surface area contributed by atoms with Crippen molar-refractivity contribution < 1.29 is 14.3 Å². The molecule has 0 aliphatic carbocycles. The summed E-state index contributed by atoms with van der Waals surface area (Å²) < 4.78 is 10.7. The molecule has 2 aromatic rings. The van der Waals surface area contributed by atoms with Crippen LogP contribution >= 0.6 is 0 Å². The molecule has 2 aliphatic heterocycles. The van der Waals surface area contributed by atoms with E-state index < -0.39 is 0 Å². The van der Waals surface area contributed by atoms with Crippen LogP contribution in [-0.2, 0) is 11.2 Å². The van der Waals surface area contributed by atoms with Gasteiger partial charge in [-0.25, -0.2) is 0 Å². The minimum Gasteiger partial charge on any atom is -0.493 e. The standard InChI is InChI=1S/C23H28N2O3/c1-15-6-4-5-7-18(15)23-19-13-24-12-17(19)14-25(23)22(26)11-16-8-9-20(27-2)21(10-16)28-3/h4-10,17,19,23-24H,11-14H2,1-3H3/t17-,19-,23+/m0/s1. The smallest absolute Gasteiger partial charge is 0.227 e. The zero-order chi connectivity index (χ0) is 19.7. The van der Waals surface area contributed by atoms with E-state index in [2.05, 4.69) is 41.4 Å². The number of nitrogens with zero attached hydrogens (tertiary/aromatic N) is 1. The van der Waals surface area contributed by atoms with Crippen LogP contribution in [0.15, 0.2) is 42.5 Å². The highest BCUT2D eigenvalue weighted by Crippen LogP contribution is 2.43. The highest BCUT2D eigenvalue weighted by atomic mass is 16.5. The predicted molar refractivity (Wildman–Crippen MR) is 109 cm³/mol. The van der Waals surface area contributed by atoms with Crippen LogP contribution in [0.5, 0.6) is 11.5 Å². The quantitative estimate of drug-likeness (QED) is 0.867. The first-order chi connectivity index (χ1) is 13.6. The monoisotopic (exact) mass is 380 g/mol. The van der Waals surface area contributed by atoms with Gasteiger partial charge >= 0.3 is 0 Å². The van der Waals surface area contributed by atoms with Crippen LogP contribution in [-0.4, -0.2) is 44.7 Å². The molecule has 2 fully saturated rings. The third-order valence-corrected chi connectivity index (χ3v) is 6.20. The van der Waals surface area contributed by atoms with Gasteiger partial charge < -0.3 is 19.7 Å². The summed E-state index contributed by atoms with van der Waals surface area (Å²) >= 11 is 0. The second-order valence-corrected chi connectivity index (χ2v) is 7.80. The van der Waals surface area contributed by atoms with Crippen molar-refractivity contribution in [1.29, 1.82) is 0 Å². The Hall–Kier alpha value is -2.53. The maximum atomic E-state index is 13.3. The first kappa shape index (κ1) is 18.8. The molecule has 2 aromatic carbocycles. The van der Waals surface area contributed by atoms with E-state index in [0.29, 0.717) is 29.8 Å². The van der Waals surface area contributed by atoms with Crippen molar-refractivity contribution in [3.63, 3.8) is 0 Å². The second-order valence-electron chi connectivity index (χ2n) is 7.80. The highest BCUT2D eigenvalue weighted by Gasteiger charge is 2.46. The Morgan fingerprint density at radius 3 is 2.64 bits per heavy atom. The van der Waals surface area contributed by atoms with Gasteiger partial charge in [-0.1, -0.05) is 30.3 Å². The molecule has 0 spiro atoms. The van der Waals surface area contributed by atoms with E-state index >= 15 is 0 Å². The average molecular weight is 380 g/mol. The van der Waals surface area contributed by atoms with Crippen LogP contribution in [0.3, 0.4) is 0 Å². The lowest BCUT2D eigenvalue weighted by atomic mass is 9.87. The van der Waals surface area contributed by atoms with Crippen molar-refractivity contribution >= 4 is 5.91 Å². The second kappa shape index (κ2) is 7.84. The Morgan fingerprint density at radius 1 is 1.11 bits per heavy atom. The van der Waals surface area contributed by atoms with Crippen molar-refractivity contribution in [2.24, 2.45) is 11.8 Å². The summed E-state index contributed by atoms with van der Waals surface area (Å²) in [4.78, 5) is 15.4. The number of hydrogen-bond donors (Lipinski definition) is 1. The molecule has 1 amide bonds. The fourth-order valence-electron chi connectivity index (χ4n) is 4.76. The number of nitrogens with one attached hydrogen (secondary N) is 1. The molecule has 0 unspecified atom stereocenters. The molecule has 5 heteroatoms. The summed E-state index contributed by atoms with van der Waals surface area (Å²) in [6.45, 7) is 4.93. The molecule has 28 heavy (non-hydrogen) atoms. The van der Waals surface area contributed by atoms with Gasteiger partial charge in [-0.2, -0.15) is 0 Å². The maximum absolute atomic E-state index is 13.3. The fraction of sp³-hybridized carbons (Fsp3) is 0.435. The van der Waals surface area contributed by atoms with Crippen LogP contribution in [0.25, 0.3) is 0 Å². The highest BCUT2D eigenvalue weighted by molar-refractivity contribution is 5.80. The number of methoxy groups -OCH3 is 2. The summed E-state index contributed by atoms with van der Waals surface area (Å²) in [6, 6.07) is 14.3. The van der Waals surface area contributed by atoms with E-state index in [-0.39, 0.29) is 11.9 Å². The van der Waals surface area contributed by atoms with Gasteiger partial charge in [0.15, 0.2) is 11.5 Å². The van der Waals surface area contributed by atoms with Crippen LogP contribution in [0.4, 0.5) is 0 Å². The Labute approximate surface area is 166 Å². The third kappa shape index (κ3) is 3.35. The van der Waals surface area contributed by atoms with E-state index in [0.717, 1.165) is 25.2 Å². The summed E-state index contributed by atoms with van der Waals surface area (Å²) in [5, 5.41) is 3.51. The SMILES string of the molecule is COc1ccc(CC(=O)N2C[C@@H]3CNC[C@@H]3[C@H]2c2ccccc2C)cc1OC. The number of likely N-dealkylation sites (tertiary alicyclic amines) is 1. The molecule has 3 atom stereocenters. The van der Waals surface area contributed by atoms with Crippen molar-refractivity contribution in [1.82, 2.24) is 10.2 Å². The van der Waals surface area contributed by atoms with Crippen molar-refractivity contribution in [3.05, 3.63) is 59.2 Å². The van der Waals surface area contributed by atoms with Crippen LogP contribution in [0.1, 0.15) is 22.7 Å². The lowest BCUT2D eigenvalue weighted by molar-refractivity contribution is -0.131. The van der Waals surface area contributed by atoms with Gasteiger partial charge in [0, 0.05) is 25.6 Å². The molecule has 0 saturated carbocycles. The van der Waals surface area contributed by atoms with E-state index in [1.165, 1.54) is 11.1 Å². The van der Waals surface area contributed by atoms with Crippen molar-refractivity contribution in [2.75, 3.05) is 33.9 Å². The number of rotatable bonds is 5. The normalized spacial score (nSPS) is 23.5. The molecule has 1 N–H and O–H groups in total. The van der Waals surface area contributed by atoms with E-state index in [4.69, 9.17) is 9.47 Å². The maximum Gasteiger partial charge on any atom is 0.227 e. The lowest BCUT2D eigenvalue weighted by Gasteiger charge is -2.30. The predicted octanol–water partition coefficient (Wildman–Crippen LogP) is 2.97. The first-order valence-electron chi connectivity index (χ1n) is 9.89. The Balaban J connectivity index is 1.60. The number of carbonyl (C=O) groups excluding carboxylic acids is 1. The molecule has 2 saturated heterocycles. The molecule has 5 nitrogen and oxygen atoms in total. The van der Waals surface area contributed by atoms with Crippen LogP contribution < -0.4 is 14.8 Å². The number of benzene rings is 2. The van der Waals surface area contributed by atoms with E-state index in [1.54, 1.807) is 14.2 Å². The summed E-state index contributed by atoms with van der Waals surface area (Å²) in [7, 11) is 3.23. The van der Waals surface area contributed by atoms with Crippen LogP contribution in [0, 0.1) is 18.8 Å². The number of fused-ring (bicyclic) bond motifs is 1. The molecular weight excluding hydrogens is 352 g/mol. The topological polar surface area (TPSA) is 50.8 Å². The summed E-state index contributed by atoms with van der Waals surface area (Å²) in [5.41, 5.74) is 3.48. The molecule has 0 bridgehead atoms. The van der Waals surface area contributed by atoms with Gasteiger partial charge in [0.25, 0.3) is 0 Å². The number of hydrogen-bond acceptors (Lipinski definition) is 4. The minimum absolute atomic E-state index is 0.147. The van der Waals surface area contributed by atoms with Gasteiger partial charge in [-0.15, -0.1) is 0 Å². The lowest BCUT2D eigenvalue weighted by Crippen LogP contribution is -2.36. The zero-order valence-electron chi connectivity index (χ0n) is 16.8. The Morgan fingerprint density at radius 2 is 1.89 bits per heavy atom. The van der Waals surface area contributed by atoms with Gasteiger partial charge in [0.2, 0.25) is 5.91 Å². The van der Waals surface area contributed by atoms with Gasteiger partial charge in [0.05, 0.1) is 26.7 Å². The largest absolute Gasteiger partial charge is 0.493 e. The molecule has 0 radical (unpaired) electrons. The molecule has 148 valence electrons. The molecule has 0 aromatic heterocycles. The third-order valence-electron chi connectivity index (χ3n) is 6.20.